The Balaban J connectivity index is 2.51. The summed E-state index contributed by atoms with van der Waals surface area (Å²) in [6.07, 6.45) is 5.08. The third-order valence-electron chi connectivity index (χ3n) is 3.54. The predicted molar refractivity (Wildman–Crippen MR) is 66.7 cm³/mol. The minimum Gasteiger partial charge on any atom is -0.382 e. The molecule has 0 radical (unpaired) electrons. The molecule has 0 aliphatic heterocycles. The number of methoxy groups -OCH3 is 1. The number of rotatable bonds is 6. The van der Waals surface area contributed by atoms with E-state index in [0.29, 0.717) is 6.61 Å². The molecule has 1 aliphatic carbocycles. The van der Waals surface area contributed by atoms with Crippen LogP contribution in [0.25, 0.3) is 0 Å². The third kappa shape index (κ3) is 4.04. The molecule has 0 aromatic carbocycles. The van der Waals surface area contributed by atoms with Crippen molar-refractivity contribution in [1.82, 2.24) is 5.32 Å². The SMILES string of the molecule is CNCC1(OC(C)COC)CCC(C)CC1. The van der Waals surface area contributed by atoms with E-state index in [4.69, 9.17) is 9.47 Å². The molecule has 0 amide bonds. The van der Waals surface area contributed by atoms with E-state index in [9.17, 15) is 0 Å². The normalized spacial score (nSPS) is 32.6. The lowest BCUT2D eigenvalue weighted by atomic mass is 9.79. The summed E-state index contributed by atoms with van der Waals surface area (Å²) in [7, 11) is 3.73. The number of hydrogen-bond acceptors (Lipinski definition) is 3. The van der Waals surface area contributed by atoms with Crippen molar-refractivity contribution in [2.45, 2.75) is 51.2 Å². The topological polar surface area (TPSA) is 30.5 Å². The van der Waals surface area contributed by atoms with Crippen LogP contribution in [-0.4, -0.2) is 39.0 Å². The Morgan fingerprint density at radius 3 is 2.50 bits per heavy atom. The van der Waals surface area contributed by atoms with Gasteiger partial charge < -0.3 is 14.8 Å². The van der Waals surface area contributed by atoms with Gasteiger partial charge in [-0.2, -0.15) is 0 Å². The lowest BCUT2D eigenvalue weighted by molar-refractivity contribution is -0.126. The van der Waals surface area contributed by atoms with Crippen LogP contribution in [0.4, 0.5) is 0 Å². The van der Waals surface area contributed by atoms with Crippen molar-refractivity contribution >= 4 is 0 Å². The molecule has 1 N–H and O–H groups in total. The number of ether oxygens (including phenoxy) is 2. The van der Waals surface area contributed by atoms with Gasteiger partial charge in [-0.25, -0.2) is 0 Å². The summed E-state index contributed by atoms with van der Waals surface area (Å²) in [5.74, 6) is 0.853. The molecule has 0 bridgehead atoms. The lowest BCUT2D eigenvalue weighted by Crippen LogP contribution is -2.47. The second-order valence-corrected chi connectivity index (χ2v) is 5.28. The molecule has 1 aliphatic rings. The molecular formula is C13H27NO2. The summed E-state index contributed by atoms with van der Waals surface area (Å²) < 4.78 is 11.4. The minimum absolute atomic E-state index is 0.0409. The minimum atomic E-state index is 0.0409. The van der Waals surface area contributed by atoms with Crippen LogP contribution in [0, 0.1) is 5.92 Å². The molecule has 3 nitrogen and oxygen atoms in total. The standard InChI is InChI=1S/C13H27NO2/c1-11-5-7-13(8-6-11,10-14-3)16-12(2)9-15-4/h11-12,14H,5-10H2,1-4H3. The molecule has 3 heteroatoms. The fraction of sp³-hybridized carbons (Fsp3) is 1.00. The van der Waals surface area contributed by atoms with Gasteiger partial charge in [-0.3, -0.25) is 0 Å². The van der Waals surface area contributed by atoms with Gasteiger partial charge in [0.25, 0.3) is 0 Å². The molecule has 0 heterocycles. The van der Waals surface area contributed by atoms with Gasteiger partial charge in [0.2, 0.25) is 0 Å². The van der Waals surface area contributed by atoms with Gasteiger partial charge in [0.05, 0.1) is 18.3 Å². The molecular weight excluding hydrogens is 202 g/mol. The Hall–Kier alpha value is -0.120. The molecule has 1 unspecified atom stereocenters. The van der Waals surface area contributed by atoms with Gasteiger partial charge in [0.15, 0.2) is 0 Å². The molecule has 1 saturated carbocycles. The molecule has 0 aromatic rings. The van der Waals surface area contributed by atoms with Crippen molar-refractivity contribution in [2.75, 3.05) is 27.3 Å². The monoisotopic (exact) mass is 229 g/mol. The van der Waals surface area contributed by atoms with E-state index >= 15 is 0 Å². The quantitative estimate of drug-likeness (QED) is 0.757. The first-order chi connectivity index (χ1) is 7.62. The van der Waals surface area contributed by atoms with Gasteiger partial charge in [0.1, 0.15) is 0 Å². The van der Waals surface area contributed by atoms with E-state index in [1.807, 2.05) is 7.05 Å². The highest BCUT2D eigenvalue weighted by atomic mass is 16.5. The Bertz CT molecular complexity index is 188. The van der Waals surface area contributed by atoms with Crippen LogP contribution in [-0.2, 0) is 9.47 Å². The predicted octanol–water partition coefficient (Wildman–Crippen LogP) is 2.21. The zero-order chi connectivity index (χ0) is 12.0. The van der Waals surface area contributed by atoms with Crippen LogP contribution in [0.5, 0.6) is 0 Å². The van der Waals surface area contributed by atoms with Gasteiger partial charge in [-0.05, 0) is 45.6 Å². The number of nitrogens with one attached hydrogen (secondary N) is 1. The van der Waals surface area contributed by atoms with Crippen molar-refractivity contribution in [1.29, 1.82) is 0 Å². The zero-order valence-corrected chi connectivity index (χ0v) is 11.2. The van der Waals surface area contributed by atoms with Gasteiger partial charge in [-0.15, -0.1) is 0 Å². The Kier molecular flexibility index (Phi) is 5.73. The highest BCUT2D eigenvalue weighted by Gasteiger charge is 2.35. The van der Waals surface area contributed by atoms with E-state index < -0.39 is 0 Å². The fourth-order valence-electron chi connectivity index (χ4n) is 2.64. The maximum Gasteiger partial charge on any atom is 0.0811 e. The lowest BCUT2D eigenvalue weighted by Gasteiger charge is -2.41. The summed E-state index contributed by atoms with van der Waals surface area (Å²) in [5, 5.41) is 3.27. The van der Waals surface area contributed by atoms with E-state index in [0.717, 1.165) is 12.5 Å². The van der Waals surface area contributed by atoms with Gasteiger partial charge in [0, 0.05) is 13.7 Å². The molecule has 0 aromatic heterocycles. The Morgan fingerprint density at radius 1 is 1.38 bits per heavy atom. The van der Waals surface area contributed by atoms with Crippen LogP contribution >= 0.6 is 0 Å². The second-order valence-electron chi connectivity index (χ2n) is 5.28. The Labute approximate surface area is 99.9 Å². The summed E-state index contributed by atoms with van der Waals surface area (Å²) in [6, 6.07) is 0. The highest BCUT2D eigenvalue weighted by molar-refractivity contribution is 4.88. The Morgan fingerprint density at radius 2 is 2.00 bits per heavy atom. The molecule has 1 fully saturated rings. The maximum absolute atomic E-state index is 6.22. The van der Waals surface area contributed by atoms with Crippen molar-refractivity contribution < 1.29 is 9.47 Å². The van der Waals surface area contributed by atoms with Crippen molar-refractivity contribution in [2.24, 2.45) is 5.92 Å². The molecule has 0 spiro atoms. The molecule has 16 heavy (non-hydrogen) atoms. The van der Waals surface area contributed by atoms with Crippen molar-refractivity contribution in [3.63, 3.8) is 0 Å². The van der Waals surface area contributed by atoms with Gasteiger partial charge >= 0.3 is 0 Å². The largest absolute Gasteiger partial charge is 0.382 e. The smallest absolute Gasteiger partial charge is 0.0811 e. The third-order valence-corrected chi connectivity index (χ3v) is 3.54. The molecule has 96 valence electrons. The van der Waals surface area contributed by atoms with Crippen LogP contribution < -0.4 is 5.32 Å². The first kappa shape index (κ1) is 13.9. The molecule has 1 rings (SSSR count). The summed E-state index contributed by atoms with van der Waals surface area (Å²) in [4.78, 5) is 0. The van der Waals surface area contributed by atoms with Crippen molar-refractivity contribution in [3.05, 3.63) is 0 Å². The van der Waals surface area contributed by atoms with Gasteiger partial charge in [-0.1, -0.05) is 6.92 Å². The summed E-state index contributed by atoms with van der Waals surface area (Å²) in [5.41, 5.74) is 0.0409. The first-order valence-electron chi connectivity index (χ1n) is 6.43. The fourth-order valence-corrected chi connectivity index (χ4v) is 2.64. The summed E-state index contributed by atoms with van der Waals surface area (Å²) >= 11 is 0. The number of hydrogen-bond donors (Lipinski definition) is 1. The second kappa shape index (κ2) is 6.58. The average molecular weight is 229 g/mol. The molecule has 1 atom stereocenters. The highest BCUT2D eigenvalue weighted by Crippen LogP contribution is 2.35. The van der Waals surface area contributed by atoms with Crippen LogP contribution in [0.15, 0.2) is 0 Å². The van der Waals surface area contributed by atoms with Crippen LogP contribution in [0.3, 0.4) is 0 Å². The molecule has 0 saturated heterocycles. The first-order valence-corrected chi connectivity index (χ1v) is 6.43. The van der Waals surface area contributed by atoms with E-state index in [2.05, 4.69) is 19.2 Å². The maximum atomic E-state index is 6.22. The number of likely N-dealkylation sites (N-methyl/N-ethyl adjacent to an activating group) is 1. The average Bonchev–Trinajstić information content (AvgIpc) is 2.23. The van der Waals surface area contributed by atoms with Crippen LogP contribution in [0.2, 0.25) is 0 Å². The van der Waals surface area contributed by atoms with Crippen molar-refractivity contribution in [3.8, 4) is 0 Å². The van der Waals surface area contributed by atoms with E-state index in [-0.39, 0.29) is 11.7 Å². The summed E-state index contributed by atoms with van der Waals surface area (Å²) in [6.45, 7) is 6.07. The zero-order valence-electron chi connectivity index (χ0n) is 11.2. The van der Waals surface area contributed by atoms with Crippen LogP contribution in [0.1, 0.15) is 39.5 Å². The van der Waals surface area contributed by atoms with E-state index in [1.165, 1.54) is 25.7 Å². The van der Waals surface area contributed by atoms with E-state index in [1.54, 1.807) is 7.11 Å².